The molecule has 0 saturated carbocycles. The molecule has 7 heteroatoms. The summed E-state index contributed by atoms with van der Waals surface area (Å²) in [5.74, 6) is -0.0110. The van der Waals surface area contributed by atoms with Crippen LogP contribution in [0.1, 0.15) is 6.42 Å². The van der Waals surface area contributed by atoms with Gasteiger partial charge in [0.25, 0.3) is 0 Å². The maximum atomic E-state index is 11.7. The highest BCUT2D eigenvalue weighted by molar-refractivity contribution is 7.92. The summed E-state index contributed by atoms with van der Waals surface area (Å²) < 4.78 is 30.5. The minimum atomic E-state index is -3.40. The van der Waals surface area contributed by atoms with Crippen LogP contribution in [-0.4, -0.2) is 27.9 Å². The fraction of sp³-hybridized carbons (Fsp3) is 0.400. The average molecular weight is 279 g/mol. The number of ether oxygens (including phenoxy) is 1. The quantitative estimate of drug-likeness (QED) is 0.613. The summed E-state index contributed by atoms with van der Waals surface area (Å²) in [7, 11) is -1.87. The molecule has 0 spiro atoms. The summed E-state index contributed by atoms with van der Waals surface area (Å²) in [6.07, 6.45) is 0.430. The summed E-state index contributed by atoms with van der Waals surface area (Å²) in [6, 6.07) is 4.60. The second-order valence-corrected chi connectivity index (χ2v) is 5.78. The summed E-state index contributed by atoms with van der Waals surface area (Å²) >= 11 is 5.72. The molecule has 1 aromatic carbocycles. The van der Waals surface area contributed by atoms with Crippen LogP contribution in [0, 0.1) is 0 Å². The van der Waals surface area contributed by atoms with Gasteiger partial charge in [0.15, 0.2) is 0 Å². The van der Waals surface area contributed by atoms with E-state index in [1.54, 1.807) is 6.07 Å². The van der Waals surface area contributed by atoms with Crippen LogP contribution in [0.4, 0.5) is 11.4 Å². The molecule has 0 aromatic heterocycles. The zero-order chi connectivity index (χ0) is 12.9. The molecule has 96 valence electrons. The van der Waals surface area contributed by atoms with E-state index in [0.29, 0.717) is 29.4 Å². The van der Waals surface area contributed by atoms with E-state index in [9.17, 15) is 8.42 Å². The van der Waals surface area contributed by atoms with Crippen molar-refractivity contribution in [3.05, 3.63) is 23.2 Å². The van der Waals surface area contributed by atoms with Crippen LogP contribution in [0.5, 0.6) is 0 Å². The Bertz CT molecular complexity index is 476. The van der Waals surface area contributed by atoms with E-state index in [-0.39, 0.29) is 5.75 Å². The highest BCUT2D eigenvalue weighted by atomic mass is 35.5. The van der Waals surface area contributed by atoms with Crippen molar-refractivity contribution < 1.29 is 13.2 Å². The lowest BCUT2D eigenvalue weighted by Gasteiger charge is -2.10. The van der Waals surface area contributed by atoms with Gasteiger partial charge in [-0.3, -0.25) is 4.72 Å². The lowest BCUT2D eigenvalue weighted by Crippen LogP contribution is -2.18. The number of rotatable bonds is 6. The van der Waals surface area contributed by atoms with E-state index in [0.717, 1.165) is 0 Å². The summed E-state index contributed by atoms with van der Waals surface area (Å²) in [5.41, 5.74) is 6.29. The number of sulfonamides is 1. The van der Waals surface area contributed by atoms with E-state index >= 15 is 0 Å². The van der Waals surface area contributed by atoms with E-state index in [1.807, 2.05) is 0 Å². The van der Waals surface area contributed by atoms with Crippen LogP contribution < -0.4 is 10.5 Å². The molecule has 0 unspecified atom stereocenters. The third-order valence-corrected chi connectivity index (χ3v) is 3.63. The topological polar surface area (TPSA) is 81.4 Å². The Morgan fingerprint density at radius 2 is 2.18 bits per heavy atom. The minimum absolute atomic E-state index is 0.0110. The van der Waals surface area contributed by atoms with Crippen LogP contribution in [0.3, 0.4) is 0 Å². The Morgan fingerprint density at radius 3 is 2.76 bits per heavy atom. The number of halogens is 1. The van der Waals surface area contributed by atoms with Crippen molar-refractivity contribution in [2.75, 3.05) is 29.9 Å². The molecular weight excluding hydrogens is 264 g/mol. The molecule has 0 radical (unpaired) electrons. The third-order valence-electron chi connectivity index (χ3n) is 2.04. The first kappa shape index (κ1) is 14.1. The molecule has 0 bridgehead atoms. The number of anilines is 2. The van der Waals surface area contributed by atoms with Gasteiger partial charge in [-0.2, -0.15) is 0 Å². The van der Waals surface area contributed by atoms with Gasteiger partial charge in [-0.25, -0.2) is 8.42 Å². The smallest absolute Gasteiger partial charge is 0.232 e. The van der Waals surface area contributed by atoms with Crippen molar-refractivity contribution in [2.45, 2.75) is 6.42 Å². The van der Waals surface area contributed by atoms with Gasteiger partial charge in [0.05, 0.1) is 17.1 Å². The Kier molecular flexibility index (Phi) is 5.04. The Labute approximate surface area is 106 Å². The molecule has 1 aromatic rings. The SMILES string of the molecule is COCCCS(=O)(=O)Nc1ccc(Cl)cc1N. The third kappa shape index (κ3) is 4.80. The van der Waals surface area contributed by atoms with Gasteiger partial charge in [-0.05, 0) is 24.6 Å². The molecule has 0 heterocycles. The first-order chi connectivity index (χ1) is 7.94. The van der Waals surface area contributed by atoms with Gasteiger partial charge in [0.2, 0.25) is 10.0 Å². The molecule has 0 saturated heterocycles. The molecular formula is C10H15ClN2O3S. The van der Waals surface area contributed by atoms with Crippen LogP contribution in [0.15, 0.2) is 18.2 Å². The van der Waals surface area contributed by atoms with Crippen LogP contribution in [0.25, 0.3) is 0 Å². The van der Waals surface area contributed by atoms with Crippen molar-refractivity contribution in [1.29, 1.82) is 0 Å². The molecule has 3 N–H and O–H groups in total. The molecule has 17 heavy (non-hydrogen) atoms. The standard InChI is InChI=1S/C10H15ClN2O3S/c1-16-5-2-6-17(14,15)13-10-4-3-8(11)7-9(10)12/h3-4,7,13H,2,5-6,12H2,1H3. The van der Waals surface area contributed by atoms with Crippen molar-refractivity contribution in [2.24, 2.45) is 0 Å². The predicted octanol–water partition coefficient (Wildman–Crippen LogP) is 1.70. The molecule has 0 aliphatic heterocycles. The fourth-order valence-corrected chi connectivity index (χ4v) is 2.54. The number of nitrogens with one attached hydrogen (secondary N) is 1. The fourth-order valence-electron chi connectivity index (χ4n) is 1.24. The molecule has 0 atom stereocenters. The van der Waals surface area contributed by atoms with E-state index < -0.39 is 10.0 Å². The number of nitrogens with two attached hydrogens (primary N) is 1. The molecule has 5 nitrogen and oxygen atoms in total. The molecule has 0 aliphatic rings. The van der Waals surface area contributed by atoms with Gasteiger partial charge < -0.3 is 10.5 Å². The first-order valence-electron chi connectivity index (χ1n) is 4.99. The summed E-state index contributed by atoms with van der Waals surface area (Å²) in [4.78, 5) is 0. The highest BCUT2D eigenvalue weighted by Crippen LogP contribution is 2.23. The second kappa shape index (κ2) is 6.09. The monoisotopic (exact) mass is 278 g/mol. The van der Waals surface area contributed by atoms with Crippen LogP contribution in [-0.2, 0) is 14.8 Å². The predicted molar refractivity (Wildman–Crippen MR) is 69.8 cm³/mol. The first-order valence-corrected chi connectivity index (χ1v) is 7.02. The number of hydrogen-bond donors (Lipinski definition) is 2. The zero-order valence-corrected chi connectivity index (χ0v) is 11.0. The van der Waals surface area contributed by atoms with Gasteiger partial charge >= 0.3 is 0 Å². The van der Waals surface area contributed by atoms with Crippen LogP contribution >= 0.6 is 11.6 Å². The Hall–Kier alpha value is -0.980. The number of hydrogen-bond acceptors (Lipinski definition) is 4. The number of nitrogen functional groups attached to an aromatic ring is 1. The maximum Gasteiger partial charge on any atom is 0.232 e. The number of benzene rings is 1. The van der Waals surface area contributed by atoms with Crippen molar-refractivity contribution >= 4 is 33.0 Å². The van der Waals surface area contributed by atoms with Gasteiger partial charge in [0, 0.05) is 18.7 Å². The summed E-state index contributed by atoms with van der Waals surface area (Å²) in [5, 5.41) is 0.463. The maximum absolute atomic E-state index is 11.7. The molecule has 0 fully saturated rings. The van der Waals surface area contributed by atoms with Gasteiger partial charge in [-0.1, -0.05) is 11.6 Å². The molecule has 0 aliphatic carbocycles. The zero-order valence-electron chi connectivity index (χ0n) is 9.44. The molecule has 1 rings (SSSR count). The summed E-state index contributed by atoms with van der Waals surface area (Å²) in [6.45, 7) is 0.400. The lowest BCUT2D eigenvalue weighted by molar-refractivity contribution is 0.199. The van der Waals surface area contributed by atoms with E-state index in [4.69, 9.17) is 22.1 Å². The van der Waals surface area contributed by atoms with Crippen LogP contribution in [0.2, 0.25) is 5.02 Å². The lowest BCUT2D eigenvalue weighted by atomic mass is 10.3. The van der Waals surface area contributed by atoms with E-state index in [1.165, 1.54) is 19.2 Å². The highest BCUT2D eigenvalue weighted by Gasteiger charge is 2.11. The van der Waals surface area contributed by atoms with Gasteiger partial charge in [-0.15, -0.1) is 0 Å². The Morgan fingerprint density at radius 1 is 1.47 bits per heavy atom. The van der Waals surface area contributed by atoms with Crippen molar-refractivity contribution in [3.63, 3.8) is 0 Å². The normalized spacial score (nSPS) is 11.4. The van der Waals surface area contributed by atoms with Gasteiger partial charge in [0.1, 0.15) is 0 Å². The Balaban J connectivity index is 2.69. The minimum Gasteiger partial charge on any atom is -0.397 e. The average Bonchev–Trinajstić information content (AvgIpc) is 2.22. The number of methoxy groups -OCH3 is 1. The molecule has 0 amide bonds. The van der Waals surface area contributed by atoms with E-state index in [2.05, 4.69) is 4.72 Å². The van der Waals surface area contributed by atoms with Crippen molar-refractivity contribution in [3.8, 4) is 0 Å². The largest absolute Gasteiger partial charge is 0.397 e. The second-order valence-electron chi connectivity index (χ2n) is 3.50. The van der Waals surface area contributed by atoms with Crippen molar-refractivity contribution in [1.82, 2.24) is 0 Å².